The van der Waals surface area contributed by atoms with Gasteiger partial charge in [-0.15, -0.1) is 0 Å². The fourth-order valence-corrected chi connectivity index (χ4v) is 3.78. The van der Waals surface area contributed by atoms with E-state index in [0.29, 0.717) is 29.6 Å². The molecule has 1 saturated heterocycles. The maximum atomic E-state index is 13.0. The lowest BCUT2D eigenvalue weighted by molar-refractivity contribution is 0.0558. The number of aryl methyl sites for hydroxylation is 1. The van der Waals surface area contributed by atoms with Gasteiger partial charge in [0.15, 0.2) is 0 Å². The average molecular weight is 385 g/mol. The third-order valence-corrected chi connectivity index (χ3v) is 5.16. The highest BCUT2D eigenvalue weighted by Crippen LogP contribution is 2.32. The van der Waals surface area contributed by atoms with Gasteiger partial charge in [0.2, 0.25) is 5.89 Å². The molecule has 1 aliphatic rings. The molecule has 7 heteroatoms. The molecule has 1 atom stereocenters. The van der Waals surface area contributed by atoms with E-state index in [1.807, 2.05) is 29.2 Å². The number of piperidine rings is 1. The number of rotatable bonds is 4. The third-order valence-electron chi connectivity index (χ3n) is 4.93. The van der Waals surface area contributed by atoms with E-state index in [-0.39, 0.29) is 11.9 Å². The largest absolute Gasteiger partial charge is 0.443 e. The number of benzene rings is 1. The quantitative estimate of drug-likeness (QED) is 0.681. The lowest BCUT2D eigenvalue weighted by atomic mass is 10.0. The number of aromatic nitrogens is 3. The second-order valence-electron chi connectivity index (χ2n) is 6.82. The van der Waals surface area contributed by atoms with Crippen molar-refractivity contribution in [3.8, 4) is 0 Å². The van der Waals surface area contributed by atoms with E-state index in [1.165, 1.54) is 0 Å². The first-order chi connectivity index (χ1) is 13.1. The molecule has 3 aromatic rings. The van der Waals surface area contributed by atoms with Crippen molar-refractivity contribution in [2.45, 2.75) is 31.7 Å². The monoisotopic (exact) mass is 384 g/mol. The smallest absolute Gasteiger partial charge is 0.272 e. The van der Waals surface area contributed by atoms with Gasteiger partial charge in [0.1, 0.15) is 17.5 Å². The SMILES string of the molecule is Cn1nccc1C(=O)N1CCCC[C@H]1c1ncc(Cc2cccc(Cl)c2)o1. The Bertz CT molecular complexity index is 949. The van der Waals surface area contributed by atoms with E-state index in [0.717, 1.165) is 30.6 Å². The number of hydrogen-bond acceptors (Lipinski definition) is 4. The molecule has 3 heterocycles. The molecule has 2 aromatic heterocycles. The van der Waals surface area contributed by atoms with E-state index in [1.54, 1.807) is 30.2 Å². The number of carbonyl (C=O) groups is 1. The zero-order chi connectivity index (χ0) is 18.8. The number of nitrogens with zero attached hydrogens (tertiary/aromatic N) is 4. The van der Waals surface area contributed by atoms with Crippen LogP contribution in [-0.2, 0) is 13.5 Å². The Kier molecular flexibility index (Phi) is 4.99. The van der Waals surface area contributed by atoms with Gasteiger partial charge in [0.05, 0.1) is 6.20 Å². The Morgan fingerprint density at radius 3 is 3.00 bits per heavy atom. The topological polar surface area (TPSA) is 64.2 Å². The van der Waals surface area contributed by atoms with Gasteiger partial charge >= 0.3 is 0 Å². The third kappa shape index (κ3) is 3.76. The summed E-state index contributed by atoms with van der Waals surface area (Å²) in [7, 11) is 1.78. The van der Waals surface area contributed by atoms with Gasteiger partial charge in [-0.1, -0.05) is 23.7 Å². The van der Waals surface area contributed by atoms with Crippen LogP contribution in [0.15, 0.2) is 47.1 Å². The summed E-state index contributed by atoms with van der Waals surface area (Å²) in [6, 6.07) is 9.30. The summed E-state index contributed by atoms with van der Waals surface area (Å²) in [6.45, 7) is 0.695. The molecule has 0 aliphatic carbocycles. The summed E-state index contributed by atoms with van der Waals surface area (Å²) < 4.78 is 7.63. The number of hydrogen-bond donors (Lipinski definition) is 0. The van der Waals surface area contributed by atoms with Crippen molar-refractivity contribution in [3.63, 3.8) is 0 Å². The summed E-state index contributed by atoms with van der Waals surface area (Å²) >= 11 is 6.06. The van der Waals surface area contributed by atoms with E-state index < -0.39 is 0 Å². The van der Waals surface area contributed by atoms with Crippen LogP contribution < -0.4 is 0 Å². The van der Waals surface area contributed by atoms with Crippen molar-refractivity contribution in [2.75, 3.05) is 6.54 Å². The van der Waals surface area contributed by atoms with Gasteiger partial charge in [-0.05, 0) is 43.0 Å². The van der Waals surface area contributed by atoms with E-state index >= 15 is 0 Å². The number of likely N-dealkylation sites (tertiary alicyclic amines) is 1. The van der Waals surface area contributed by atoms with E-state index in [9.17, 15) is 4.79 Å². The lowest BCUT2D eigenvalue weighted by Crippen LogP contribution is -2.39. The van der Waals surface area contributed by atoms with Gasteiger partial charge in [0.25, 0.3) is 5.91 Å². The first-order valence-electron chi connectivity index (χ1n) is 9.10. The summed E-state index contributed by atoms with van der Waals surface area (Å²) in [4.78, 5) is 19.3. The Labute approximate surface area is 162 Å². The van der Waals surface area contributed by atoms with Gasteiger partial charge < -0.3 is 9.32 Å². The predicted octanol–water partition coefficient (Wildman–Crippen LogP) is 4.02. The van der Waals surface area contributed by atoms with Gasteiger partial charge in [0, 0.05) is 31.2 Å². The fourth-order valence-electron chi connectivity index (χ4n) is 3.57. The fraction of sp³-hybridized carbons (Fsp3) is 0.350. The molecule has 1 aliphatic heterocycles. The molecule has 6 nitrogen and oxygen atoms in total. The van der Waals surface area contributed by atoms with Crippen molar-refractivity contribution in [3.05, 3.63) is 70.7 Å². The molecule has 4 rings (SSSR count). The molecule has 27 heavy (non-hydrogen) atoms. The van der Waals surface area contributed by atoms with Crippen LogP contribution in [0.3, 0.4) is 0 Å². The molecular weight excluding hydrogens is 364 g/mol. The van der Waals surface area contributed by atoms with Gasteiger partial charge in [-0.25, -0.2) is 4.98 Å². The highest BCUT2D eigenvalue weighted by Gasteiger charge is 2.33. The van der Waals surface area contributed by atoms with Crippen LogP contribution in [-0.4, -0.2) is 32.1 Å². The number of halogens is 1. The van der Waals surface area contributed by atoms with Crippen LogP contribution in [0.4, 0.5) is 0 Å². The molecule has 1 amide bonds. The van der Waals surface area contributed by atoms with Crippen molar-refractivity contribution in [1.29, 1.82) is 0 Å². The normalized spacial score (nSPS) is 17.3. The van der Waals surface area contributed by atoms with Crippen LogP contribution in [0.2, 0.25) is 5.02 Å². The summed E-state index contributed by atoms with van der Waals surface area (Å²) in [5.41, 5.74) is 1.64. The number of amides is 1. The second-order valence-corrected chi connectivity index (χ2v) is 7.26. The Balaban J connectivity index is 1.55. The molecule has 140 valence electrons. The Hall–Kier alpha value is -2.60. The zero-order valence-corrected chi connectivity index (χ0v) is 15.9. The number of carbonyl (C=O) groups excluding carboxylic acids is 1. The molecule has 0 radical (unpaired) electrons. The molecule has 1 aromatic carbocycles. The van der Waals surface area contributed by atoms with Crippen molar-refractivity contribution in [2.24, 2.45) is 7.05 Å². The van der Waals surface area contributed by atoms with Gasteiger partial charge in [-0.3, -0.25) is 9.48 Å². The predicted molar refractivity (Wildman–Crippen MR) is 102 cm³/mol. The first-order valence-corrected chi connectivity index (χ1v) is 9.47. The summed E-state index contributed by atoms with van der Waals surface area (Å²) in [5, 5.41) is 4.81. The highest BCUT2D eigenvalue weighted by atomic mass is 35.5. The maximum Gasteiger partial charge on any atom is 0.272 e. The molecule has 0 spiro atoms. The summed E-state index contributed by atoms with van der Waals surface area (Å²) in [6.07, 6.45) is 6.89. The van der Waals surface area contributed by atoms with Crippen molar-refractivity contribution in [1.82, 2.24) is 19.7 Å². The van der Waals surface area contributed by atoms with E-state index in [2.05, 4.69) is 10.1 Å². The first kappa shape index (κ1) is 17.8. The summed E-state index contributed by atoms with van der Waals surface area (Å²) in [5.74, 6) is 1.34. The van der Waals surface area contributed by atoms with Crippen LogP contribution in [0.25, 0.3) is 0 Å². The van der Waals surface area contributed by atoms with Crippen LogP contribution in [0.1, 0.15) is 53.0 Å². The van der Waals surface area contributed by atoms with Crippen molar-refractivity contribution >= 4 is 17.5 Å². The Morgan fingerprint density at radius 1 is 1.33 bits per heavy atom. The molecular formula is C20H21ClN4O2. The second kappa shape index (κ2) is 7.56. The minimum absolute atomic E-state index is 0.0331. The van der Waals surface area contributed by atoms with Gasteiger partial charge in [-0.2, -0.15) is 5.10 Å². The Morgan fingerprint density at radius 2 is 2.22 bits per heavy atom. The van der Waals surface area contributed by atoms with Crippen LogP contribution in [0, 0.1) is 0 Å². The lowest BCUT2D eigenvalue weighted by Gasteiger charge is -2.33. The minimum atomic E-state index is -0.144. The average Bonchev–Trinajstić information content (AvgIpc) is 3.30. The number of oxazole rings is 1. The van der Waals surface area contributed by atoms with Crippen molar-refractivity contribution < 1.29 is 9.21 Å². The molecule has 0 bridgehead atoms. The molecule has 0 N–H and O–H groups in total. The van der Waals surface area contributed by atoms with E-state index in [4.69, 9.17) is 16.0 Å². The minimum Gasteiger partial charge on any atom is -0.443 e. The highest BCUT2D eigenvalue weighted by molar-refractivity contribution is 6.30. The zero-order valence-electron chi connectivity index (χ0n) is 15.1. The molecule has 1 fully saturated rings. The van der Waals surface area contributed by atoms with Crippen LogP contribution >= 0.6 is 11.6 Å². The molecule has 0 unspecified atom stereocenters. The maximum absolute atomic E-state index is 13.0. The van der Waals surface area contributed by atoms with Crippen LogP contribution in [0.5, 0.6) is 0 Å². The standard InChI is InChI=1S/C20H21ClN4O2/c1-24-18(8-9-23-24)20(26)25-10-3-2-7-17(25)19-22-13-16(27-19)12-14-5-4-6-15(21)11-14/h4-6,8-9,11,13,17H,2-3,7,10,12H2,1H3/t17-/m0/s1. The molecule has 0 saturated carbocycles.